The van der Waals surface area contributed by atoms with E-state index in [2.05, 4.69) is 0 Å². The van der Waals surface area contributed by atoms with Crippen LogP contribution in [0.5, 0.6) is 0 Å². The minimum atomic E-state index is -1.13. The molecule has 0 aromatic rings. The quantitative estimate of drug-likeness (QED) is 0.425. The third kappa shape index (κ3) is 2.00. The predicted molar refractivity (Wildman–Crippen MR) is 43.8 cm³/mol. The highest BCUT2D eigenvalue weighted by Crippen LogP contribution is 2.26. The van der Waals surface area contributed by atoms with Gasteiger partial charge in [-0.2, -0.15) is 0 Å². The van der Waals surface area contributed by atoms with Crippen LogP contribution in [-0.4, -0.2) is 51.6 Å². The Kier molecular flexibility index (Phi) is 3.63. The Morgan fingerprint density at radius 1 is 1.15 bits per heavy atom. The SMILES string of the molecule is CCC1C(O)OC(CO)C(O)C1O. The van der Waals surface area contributed by atoms with Gasteiger partial charge in [-0.05, 0) is 6.42 Å². The lowest BCUT2D eigenvalue weighted by Gasteiger charge is -2.39. The molecule has 1 rings (SSSR count). The molecule has 1 heterocycles. The van der Waals surface area contributed by atoms with E-state index in [1.54, 1.807) is 6.92 Å². The summed E-state index contributed by atoms with van der Waals surface area (Å²) in [5.74, 6) is -0.488. The second-order valence-electron chi connectivity index (χ2n) is 3.30. The van der Waals surface area contributed by atoms with Crippen molar-refractivity contribution in [1.29, 1.82) is 0 Å². The van der Waals surface area contributed by atoms with Gasteiger partial charge in [0.05, 0.1) is 12.7 Å². The van der Waals surface area contributed by atoms with Crippen LogP contribution >= 0.6 is 0 Å². The highest BCUT2D eigenvalue weighted by molar-refractivity contribution is 4.87. The zero-order valence-corrected chi connectivity index (χ0v) is 7.50. The minimum absolute atomic E-state index is 0.411. The predicted octanol–water partition coefficient (Wildman–Crippen LogP) is -1.56. The normalized spacial score (nSPS) is 46.4. The molecule has 5 unspecified atom stereocenters. The molecular formula is C8H16O5. The summed E-state index contributed by atoms with van der Waals surface area (Å²) in [7, 11) is 0. The number of hydrogen-bond acceptors (Lipinski definition) is 5. The van der Waals surface area contributed by atoms with Crippen LogP contribution in [-0.2, 0) is 4.74 Å². The van der Waals surface area contributed by atoms with Gasteiger partial charge in [-0.1, -0.05) is 6.92 Å². The van der Waals surface area contributed by atoms with E-state index in [-0.39, 0.29) is 0 Å². The molecule has 4 N–H and O–H groups in total. The molecule has 0 radical (unpaired) electrons. The lowest BCUT2D eigenvalue weighted by atomic mass is 9.89. The van der Waals surface area contributed by atoms with E-state index in [9.17, 15) is 15.3 Å². The summed E-state index contributed by atoms with van der Waals surface area (Å²) >= 11 is 0. The number of aliphatic hydroxyl groups excluding tert-OH is 4. The van der Waals surface area contributed by atoms with Crippen molar-refractivity contribution in [1.82, 2.24) is 0 Å². The topological polar surface area (TPSA) is 90.2 Å². The fourth-order valence-corrected chi connectivity index (χ4v) is 1.60. The first-order chi connectivity index (χ1) is 6.11. The van der Waals surface area contributed by atoms with Gasteiger partial charge in [-0.25, -0.2) is 0 Å². The first-order valence-electron chi connectivity index (χ1n) is 4.42. The van der Waals surface area contributed by atoms with Gasteiger partial charge in [-0.3, -0.25) is 0 Å². The van der Waals surface area contributed by atoms with E-state index in [0.29, 0.717) is 6.42 Å². The van der Waals surface area contributed by atoms with E-state index in [1.165, 1.54) is 0 Å². The molecular weight excluding hydrogens is 176 g/mol. The van der Waals surface area contributed by atoms with Gasteiger partial charge in [0.2, 0.25) is 0 Å². The Morgan fingerprint density at radius 3 is 2.23 bits per heavy atom. The van der Waals surface area contributed by atoms with Crippen molar-refractivity contribution >= 4 is 0 Å². The van der Waals surface area contributed by atoms with Crippen molar-refractivity contribution in [3.8, 4) is 0 Å². The minimum Gasteiger partial charge on any atom is -0.394 e. The van der Waals surface area contributed by atoms with Crippen LogP contribution in [0.4, 0.5) is 0 Å². The van der Waals surface area contributed by atoms with Gasteiger partial charge >= 0.3 is 0 Å². The number of aliphatic hydroxyl groups is 4. The Bertz CT molecular complexity index is 163. The summed E-state index contributed by atoms with van der Waals surface area (Å²) in [5, 5.41) is 37.0. The van der Waals surface area contributed by atoms with Crippen LogP contribution in [0.3, 0.4) is 0 Å². The van der Waals surface area contributed by atoms with Crippen LogP contribution in [0.25, 0.3) is 0 Å². The van der Waals surface area contributed by atoms with Crippen LogP contribution < -0.4 is 0 Å². The van der Waals surface area contributed by atoms with Crippen LogP contribution in [0.1, 0.15) is 13.3 Å². The monoisotopic (exact) mass is 192 g/mol. The molecule has 5 nitrogen and oxygen atoms in total. The molecule has 0 aromatic heterocycles. The molecule has 5 atom stereocenters. The van der Waals surface area contributed by atoms with Crippen molar-refractivity contribution in [3.05, 3.63) is 0 Å². The van der Waals surface area contributed by atoms with Gasteiger partial charge < -0.3 is 25.2 Å². The lowest BCUT2D eigenvalue weighted by Crippen LogP contribution is -2.55. The maximum atomic E-state index is 9.51. The maximum absolute atomic E-state index is 9.51. The molecule has 78 valence electrons. The molecule has 0 saturated carbocycles. The first kappa shape index (κ1) is 10.9. The summed E-state index contributed by atoms with van der Waals surface area (Å²) < 4.78 is 4.92. The summed E-state index contributed by atoms with van der Waals surface area (Å²) in [4.78, 5) is 0. The standard InChI is InChI=1S/C8H16O5/c1-2-4-6(10)7(11)5(3-9)13-8(4)12/h4-12H,2-3H2,1H3. The average molecular weight is 192 g/mol. The molecule has 0 aromatic carbocycles. The van der Waals surface area contributed by atoms with Gasteiger partial charge in [0.15, 0.2) is 6.29 Å². The number of hydrogen-bond donors (Lipinski definition) is 4. The zero-order valence-electron chi connectivity index (χ0n) is 7.50. The summed E-state index contributed by atoms with van der Waals surface area (Å²) in [5.41, 5.74) is 0. The average Bonchev–Trinajstić information content (AvgIpc) is 2.12. The molecule has 0 aliphatic carbocycles. The third-order valence-electron chi connectivity index (χ3n) is 2.50. The van der Waals surface area contributed by atoms with Crippen LogP contribution in [0.2, 0.25) is 0 Å². The molecule has 1 aliphatic rings. The van der Waals surface area contributed by atoms with E-state index in [4.69, 9.17) is 9.84 Å². The van der Waals surface area contributed by atoms with E-state index in [0.717, 1.165) is 0 Å². The molecule has 0 bridgehead atoms. The zero-order chi connectivity index (χ0) is 10.0. The molecule has 0 amide bonds. The Hall–Kier alpha value is -0.200. The summed E-state index contributed by atoms with van der Waals surface area (Å²) in [6, 6.07) is 0. The lowest BCUT2D eigenvalue weighted by molar-refractivity contribution is -0.270. The summed E-state index contributed by atoms with van der Waals surface area (Å²) in [6.45, 7) is 1.37. The highest BCUT2D eigenvalue weighted by Gasteiger charge is 2.42. The maximum Gasteiger partial charge on any atom is 0.160 e. The molecule has 5 heteroatoms. The fourth-order valence-electron chi connectivity index (χ4n) is 1.60. The molecule has 0 spiro atoms. The van der Waals surface area contributed by atoms with Crippen molar-refractivity contribution in [3.63, 3.8) is 0 Å². The largest absolute Gasteiger partial charge is 0.394 e. The van der Waals surface area contributed by atoms with Gasteiger partial charge in [0, 0.05) is 5.92 Å². The van der Waals surface area contributed by atoms with Crippen LogP contribution in [0.15, 0.2) is 0 Å². The number of ether oxygens (including phenoxy) is 1. The Labute approximate surface area is 76.6 Å². The van der Waals surface area contributed by atoms with Gasteiger partial charge in [0.1, 0.15) is 12.2 Å². The van der Waals surface area contributed by atoms with E-state index < -0.39 is 37.1 Å². The molecule has 13 heavy (non-hydrogen) atoms. The second kappa shape index (κ2) is 4.34. The molecule has 1 aliphatic heterocycles. The van der Waals surface area contributed by atoms with Gasteiger partial charge in [0.25, 0.3) is 0 Å². The van der Waals surface area contributed by atoms with E-state index >= 15 is 0 Å². The molecule has 1 saturated heterocycles. The molecule has 1 fully saturated rings. The fraction of sp³-hybridized carbons (Fsp3) is 1.00. The van der Waals surface area contributed by atoms with Crippen molar-refractivity contribution in [2.75, 3.05) is 6.61 Å². The Balaban J connectivity index is 2.66. The van der Waals surface area contributed by atoms with Crippen molar-refractivity contribution in [2.45, 2.75) is 37.9 Å². The summed E-state index contributed by atoms with van der Waals surface area (Å²) in [6.07, 6.45) is -3.66. The Morgan fingerprint density at radius 2 is 1.77 bits per heavy atom. The third-order valence-corrected chi connectivity index (χ3v) is 2.50. The van der Waals surface area contributed by atoms with Crippen molar-refractivity contribution < 1.29 is 25.2 Å². The van der Waals surface area contributed by atoms with E-state index in [1.807, 2.05) is 0 Å². The number of rotatable bonds is 2. The van der Waals surface area contributed by atoms with Crippen molar-refractivity contribution in [2.24, 2.45) is 5.92 Å². The smallest absolute Gasteiger partial charge is 0.160 e. The highest BCUT2D eigenvalue weighted by atomic mass is 16.6. The van der Waals surface area contributed by atoms with Crippen LogP contribution in [0, 0.1) is 5.92 Å². The first-order valence-corrected chi connectivity index (χ1v) is 4.42. The second-order valence-corrected chi connectivity index (χ2v) is 3.30. The van der Waals surface area contributed by atoms with Gasteiger partial charge in [-0.15, -0.1) is 0 Å².